The molecule has 2 N–H and O–H groups in total. The van der Waals surface area contributed by atoms with Crippen LogP contribution < -0.4 is 5.32 Å². The molecule has 0 spiro atoms. The summed E-state index contributed by atoms with van der Waals surface area (Å²) in [5.74, 6) is 0.0617. The molecule has 4 nitrogen and oxygen atoms in total. The molecule has 5 heteroatoms. The summed E-state index contributed by atoms with van der Waals surface area (Å²) in [5.41, 5.74) is 2.62. The van der Waals surface area contributed by atoms with Crippen molar-refractivity contribution in [2.45, 2.75) is 32.2 Å². The Bertz CT molecular complexity index is 612. The van der Waals surface area contributed by atoms with E-state index < -0.39 is 5.82 Å². The van der Waals surface area contributed by atoms with Gasteiger partial charge in [-0.25, -0.2) is 9.37 Å². The number of rotatable bonds is 3. The number of nitrogens with one attached hydrogen (secondary N) is 2. The van der Waals surface area contributed by atoms with Crippen LogP contribution in [0.3, 0.4) is 0 Å². The number of hydrogen-bond donors (Lipinski definition) is 2. The van der Waals surface area contributed by atoms with Gasteiger partial charge < -0.3 is 10.3 Å². The van der Waals surface area contributed by atoms with E-state index in [-0.39, 0.29) is 5.91 Å². The summed E-state index contributed by atoms with van der Waals surface area (Å²) in [6.45, 7) is 0.336. The number of hydrogen-bond acceptors (Lipinski definition) is 2. The van der Waals surface area contributed by atoms with Gasteiger partial charge in [0.05, 0.1) is 12.2 Å². The van der Waals surface area contributed by atoms with E-state index in [1.54, 1.807) is 6.07 Å². The minimum absolute atomic E-state index is 0.293. The summed E-state index contributed by atoms with van der Waals surface area (Å²) in [5, 5.41) is 2.75. The molecule has 1 amide bonds. The van der Waals surface area contributed by atoms with Crippen LogP contribution in [0.25, 0.3) is 0 Å². The maximum absolute atomic E-state index is 13.0. The Hall–Kier alpha value is -2.17. The van der Waals surface area contributed by atoms with E-state index in [1.165, 1.54) is 36.7 Å². The van der Waals surface area contributed by atoms with Gasteiger partial charge in [-0.3, -0.25) is 4.79 Å². The maximum atomic E-state index is 13.0. The van der Waals surface area contributed by atoms with Crippen LogP contribution in [-0.2, 0) is 19.4 Å². The molecule has 1 aliphatic carbocycles. The van der Waals surface area contributed by atoms with Gasteiger partial charge in [-0.15, -0.1) is 0 Å². The van der Waals surface area contributed by atoms with Crippen molar-refractivity contribution in [2.24, 2.45) is 0 Å². The average molecular weight is 273 g/mol. The molecular weight excluding hydrogens is 257 g/mol. The molecule has 20 heavy (non-hydrogen) atoms. The fourth-order valence-corrected chi connectivity index (χ4v) is 2.49. The summed E-state index contributed by atoms with van der Waals surface area (Å²) in [7, 11) is 0. The number of halogens is 1. The maximum Gasteiger partial charge on any atom is 0.251 e. The molecule has 104 valence electrons. The van der Waals surface area contributed by atoms with E-state index in [0.29, 0.717) is 12.1 Å². The molecule has 1 aliphatic rings. The summed E-state index contributed by atoms with van der Waals surface area (Å²) in [6.07, 6.45) is 4.39. The Morgan fingerprint density at radius 2 is 2.20 bits per heavy atom. The van der Waals surface area contributed by atoms with Crippen LogP contribution in [-0.4, -0.2) is 15.9 Å². The van der Waals surface area contributed by atoms with Gasteiger partial charge in [0.1, 0.15) is 11.6 Å². The summed E-state index contributed by atoms with van der Waals surface area (Å²) in [6, 6.07) is 5.65. The summed E-state index contributed by atoms with van der Waals surface area (Å²) < 4.78 is 13.0. The third-order valence-corrected chi connectivity index (χ3v) is 3.51. The number of carbonyl (C=O) groups is 1. The molecule has 0 atom stereocenters. The first-order chi connectivity index (χ1) is 9.72. The van der Waals surface area contributed by atoms with Gasteiger partial charge in [-0.1, -0.05) is 6.07 Å². The van der Waals surface area contributed by atoms with Gasteiger partial charge >= 0.3 is 0 Å². The SMILES string of the molecule is O=C(NCc1nc2c([nH]1)CCCC2)c1cccc(F)c1. The number of benzene rings is 1. The third kappa shape index (κ3) is 2.71. The first kappa shape index (κ1) is 12.8. The fraction of sp³-hybridized carbons (Fsp3) is 0.333. The lowest BCUT2D eigenvalue weighted by atomic mass is 10.0. The normalized spacial score (nSPS) is 13.8. The van der Waals surface area contributed by atoms with Gasteiger partial charge in [0, 0.05) is 11.3 Å². The predicted octanol–water partition coefficient (Wildman–Crippen LogP) is 2.36. The lowest BCUT2D eigenvalue weighted by Gasteiger charge is -2.07. The number of fused-ring (bicyclic) bond motifs is 1. The molecule has 0 saturated carbocycles. The largest absolute Gasteiger partial charge is 0.345 e. The predicted molar refractivity (Wildman–Crippen MR) is 72.8 cm³/mol. The van der Waals surface area contributed by atoms with Crippen LogP contribution in [0.5, 0.6) is 0 Å². The van der Waals surface area contributed by atoms with Crippen molar-refractivity contribution in [1.82, 2.24) is 15.3 Å². The van der Waals surface area contributed by atoms with E-state index in [1.807, 2.05) is 0 Å². The zero-order chi connectivity index (χ0) is 13.9. The number of aromatic amines is 1. The summed E-state index contributed by atoms with van der Waals surface area (Å²) >= 11 is 0. The lowest BCUT2D eigenvalue weighted by Crippen LogP contribution is -2.23. The number of amides is 1. The van der Waals surface area contributed by atoms with Gasteiger partial charge in [0.15, 0.2) is 0 Å². The minimum atomic E-state index is -0.411. The van der Waals surface area contributed by atoms with Crippen LogP contribution >= 0.6 is 0 Å². The standard InChI is InChI=1S/C15H16FN3O/c16-11-5-3-4-10(8-11)15(20)17-9-14-18-12-6-1-2-7-13(12)19-14/h3-5,8H,1-2,6-7,9H2,(H,17,20)(H,18,19). The minimum Gasteiger partial charge on any atom is -0.345 e. The second kappa shape index (κ2) is 5.45. The second-order valence-corrected chi connectivity index (χ2v) is 5.01. The molecule has 0 fully saturated rings. The molecule has 3 rings (SSSR count). The quantitative estimate of drug-likeness (QED) is 0.902. The second-order valence-electron chi connectivity index (χ2n) is 5.01. The van der Waals surface area contributed by atoms with Crippen molar-refractivity contribution in [3.05, 3.63) is 52.9 Å². The van der Waals surface area contributed by atoms with Crippen molar-refractivity contribution in [1.29, 1.82) is 0 Å². The Kier molecular flexibility index (Phi) is 3.50. The monoisotopic (exact) mass is 273 g/mol. The topological polar surface area (TPSA) is 57.8 Å². The van der Waals surface area contributed by atoms with Gasteiger partial charge in [-0.05, 0) is 43.9 Å². The highest BCUT2D eigenvalue weighted by molar-refractivity contribution is 5.94. The van der Waals surface area contributed by atoms with E-state index >= 15 is 0 Å². The van der Waals surface area contributed by atoms with Crippen molar-refractivity contribution in [3.63, 3.8) is 0 Å². The Balaban J connectivity index is 1.64. The molecular formula is C15H16FN3O. The molecule has 0 saturated heterocycles. The van der Waals surface area contributed by atoms with Gasteiger partial charge in [-0.2, -0.15) is 0 Å². The van der Waals surface area contributed by atoms with Crippen molar-refractivity contribution in [3.8, 4) is 0 Å². The zero-order valence-corrected chi connectivity index (χ0v) is 11.1. The van der Waals surface area contributed by atoms with Crippen LogP contribution in [0, 0.1) is 5.82 Å². The van der Waals surface area contributed by atoms with Crippen LogP contribution in [0.2, 0.25) is 0 Å². The average Bonchev–Trinajstić information content (AvgIpc) is 2.87. The first-order valence-electron chi connectivity index (χ1n) is 6.83. The van der Waals surface area contributed by atoms with Crippen LogP contribution in [0.15, 0.2) is 24.3 Å². The molecule has 1 aromatic heterocycles. The third-order valence-electron chi connectivity index (χ3n) is 3.51. The zero-order valence-electron chi connectivity index (χ0n) is 11.1. The Morgan fingerprint density at radius 3 is 3.00 bits per heavy atom. The highest BCUT2D eigenvalue weighted by Crippen LogP contribution is 2.18. The highest BCUT2D eigenvalue weighted by Gasteiger charge is 2.14. The molecule has 1 heterocycles. The molecule has 2 aromatic rings. The van der Waals surface area contributed by atoms with Crippen LogP contribution in [0.1, 0.15) is 40.4 Å². The van der Waals surface area contributed by atoms with E-state index in [0.717, 1.165) is 24.4 Å². The molecule has 0 aliphatic heterocycles. The molecule has 1 aromatic carbocycles. The number of aromatic nitrogens is 2. The number of H-pyrrole nitrogens is 1. The van der Waals surface area contributed by atoms with E-state index in [4.69, 9.17) is 0 Å². The molecule has 0 bridgehead atoms. The van der Waals surface area contributed by atoms with Crippen molar-refractivity contribution < 1.29 is 9.18 Å². The van der Waals surface area contributed by atoms with Gasteiger partial charge in [0.25, 0.3) is 5.91 Å². The number of carbonyl (C=O) groups excluding carboxylic acids is 1. The lowest BCUT2D eigenvalue weighted by molar-refractivity contribution is 0.0949. The summed E-state index contributed by atoms with van der Waals surface area (Å²) in [4.78, 5) is 19.6. The van der Waals surface area contributed by atoms with Crippen molar-refractivity contribution >= 4 is 5.91 Å². The Labute approximate surface area is 116 Å². The number of nitrogens with zero attached hydrogens (tertiary/aromatic N) is 1. The highest BCUT2D eigenvalue weighted by atomic mass is 19.1. The smallest absolute Gasteiger partial charge is 0.251 e. The van der Waals surface area contributed by atoms with E-state index in [2.05, 4.69) is 15.3 Å². The fourth-order valence-electron chi connectivity index (χ4n) is 2.49. The molecule has 0 radical (unpaired) electrons. The van der Waals surface area contributed by atoms with Crippen LogP contribution in [0.4, 0.5) is 4.39 Å². The van der Waals surface area contributed by atoms with E-state index in [9.17, 15) is 9.18 Å². The number of aryl methyl sites for hydroxylation is 2. The Morgan fingerprint density at radius 1 is 1.35 bits per heavy atom. The van der Waals surface area contributed by atoms with Gasteiger partial charge in [0.2, 0.25) is 0 Å². The number of imidazole rings is 1. The first-order valence-corrected chi connectivity index (χ1v) is 6.83. The van der Waals surface area contributed by atoms with Crippen molar-refractivity contribution in [2.75, 3.05) is 0 Å². The molecule has 0 unspecified atom stereocenters.